The second-order valence-corrected chi connectivity index (χ2v) is 9.31. The molecule has 2 amide bonds. The lowest BCUT2D eigenvalue weighted by Crippen LogP contribution is -2.52. The van der Waals surface area contributed by atoms with Crippen LogP contribution in [0, 0.1) is 0 Å². The topological polar surface area (TPSA) is 90.4 Å². The molecule has 8 nitrogen and oxygen atoms in total. The van der Waals surface area contributed by atoms with E-state index in [9.17, 15) is 14.4 Å². The van der Waals surface area contributed by atoms with E-state index in [2.05, 4.69) is 0 Å². The lowest BCUT2D eigenvalue weighted by molar-refractivity contribution is -0.144. The van der Waals surface area contributed by atoms with E-state index in [4.69, 9.17) is 21.4 Å². The SMILES string of the molecule is CN(CC(Cc1ccc(Cl)cc1)N(C)C(=O)OC(C)(C)C)C(=O)C(CC(=O)O)N(C)C. The van der Waals surface area contributed by atoms with Gasteiger partial charge in [0.25, 0.3) is 0 Å². The average molecular weight is 456 g/mol. The highest BCUT2D eigenvalue weighted by atomic mass is 35.5. The van der Waals surface area contributed by atoms with E-state index in [-0.39, 0.29) is 18.9 Å². The molecule has 0 aliphatic rings. The Kier molecular flexibility index (Phi) is 9.77. The number of hydrogen-bond acceptors (Lipinski definition) is 5. The Balaban J connectivity index is 3.08. The summed E-state index contributed by atoms with van der Waals surface area (Å²) in [5, 5.41) is 9.76. The maximum Gasteiger partial charge on any atom is 0.410 e. The van der Waals surface area contributed by atoms with Gasteiger partial charge in [0.05, 0.1) is 18.5 Å². The third kappa shape index (κ3) is 9.14. The number of nitrogens with zero attached hydrogens (tertiary/aromatic N) is 3. The van der Waals surface area contributed by atoms with Gasteiger partial charge in [0.2, 0.25) is 5.91 Å². The first kappa shape index (κ1) is 26.7. The minimum atomic E-state index is -1.05. The fraction of sp³-hybridized carbons (Fsp3) is 0.591. The number of likely N-dealkylation sites (N-methyl/N-ethyl adjacent to an activating group) is 3. The van der Waals surface area contributed by atoms with Gasteiger partial charge in [0, 0.05) is 25.7 Å². The van der Waals surface area contributed by atoms with Gasteiger partial charge in [0.1, 0.15) is 5.60 Å². The first-order valence-corrected chi connectivity index (χ1v) is 10.4. The number of benzene rings is 1. The van der Waals surface area contributed by atoms with E-state index >= 15 is 0 Å². The Labute approximate surface area is 189 Å². The fourth-order valence-corrected chi connectivity index (χ4v) is 3.14. The molecule has 0 bridgehead atoms. The average Bonchev–Trinajstić information content (AvgIpc) is 2.64. The number of carboxylic acid groups (broad SMARTS) is 1. The minimum Gasteiger partial charge on any atom is -0.481 e. The number of amides is 2. The number of carboxylic acids is 1. The van der Waals surface area contributed by atoms with Crippen molar-refractivity contribution in [3.05, 3.63) is 34.9 Å². The van der Waals surface area contributed by atoms with Crippen LogP contribution in [0.3, 0.4) is 0 Å². The van der Waals surface area contributed by atoms with E-state index in [1.807, 2.05) is 12.1 Å². The molecule has 0 heterocycles. The Bertz CT molecular complexity index is 761. The summed E-state index contributed by atoms with van der Waals surface area (Å²) in [6, 6.07) is 6.08. The van der Waals surface area contributed by atoms with Crippen LogP contribution in [0.5, 0.6) is 0 Å². The van der Waals surface area contributed by atoms with Crippen molar-refractivity contribution in [2.75, 3.05) is 34.7 Å². The van der Waals surface area contributed by atoms with E-state index < -0.39 is 29.7 Å². The normalized spacial score (nSPS) is 13.5. The summed E-state index contributed by atoms with van der Waals surface area (Å²) < 4.78 is 5.49. The zero-order valence-electron chi connectivity index (χ0n) is 19.4. The summed E-state index contributed by atoms with van der Waals surface area (Å²) in [6.07, 6.45) is -0.335. The van der Waals surface area contributed by atoms with E-state index in [1.165, 1.54) is 9.80 Å². The molecular weight excluding hydrogens is 422 g/mol. The van der Waals surface area contributed by atoms with Crippen LogP contribution in [0.1, 0.15) is 32.8 Å². The maximum absolute atomic E-state index is 12.9. The number of hydrogen-bond donors (Lipinski definition) is 1. The third-order valence-electron chi connectivity index (χ3n) is 4.75. The van der Waals surface area contributed by atoms with Crippen LogP contribution in [0.25, 0.3) is 0 Å². The molecule has 0 aliphatic carbocycles. The Hall–Kier alpha value is -2.32. The summed E-state index contributed by atoms with van der Waals surface area (Å²) in [7, 11) is 6.57. The largest absolute Gasteiger partial charge is 0.481 e. The van der Waals surface area contributed by atoms with Gasteiger partial charge in [-0.15, -0.1) is 0 Å². The van der Waals surface area contributed by atoms with Crippen LogP contribution in [0.15, 0.2) is 24.3 Å². The highest BCUT2D eigenvalue weighted by molar-refractivity contribution is 6.30. The van der Waals surface area contributed by atoms with Gasteiger partial charge in [-0.05, 0) is 59.0 Å². The zero-order valence-corrected chi connectivity index (χ0v) is 20.1. The van der Waals surface area contributed by atoms with Crippen molar-refractivity contribution in [2.24, 2.45) is 0 Å². The fourth-order valence-electron chi connectivity index (χ4n) is 3.02. The van der Waals surface area contributed by atoms with Crippen molar-refractivity contribution in [3.8, 4) is 0 Å². The Morgan fingerprint density at radius 3 is 2.06 bits per heavy atom. The third-order valence-corrected chi connectivity index (χ3v) is 5.00. The van der Waals surface area contributed by atoms with Crippen LogP contribution in [-0.2, 0) is 20.7 Å². The maximum atomic E-state index is 12.9. The van der Waals surface area contributed by atoms with Gasteiger partial charge in [-0.3, -0.25) is 14.5 Å². The molecule has 0 radical (unpaired) electrons. The van der Waals surface area contributed by atoms with E-state index in [1.54, 1.807) is 66.0 Å². The quantitative estimate of drug-likeness (QED) is 0.615. The lowest BCUT2D eigenvalue weighted by Gasteiger charge is -2.35. The predicted molar refractivity (Wildman–Crippen MR) is 120 cm³/mol. The van der Waals surface area contributed by atoms with Crippen molar-refractivity contribution < 1.29 is 24.2 Å². The Morgan fingerprint density at radius 2 is 1.61 bits per heavy atom. The van der Waals surface area contributed by atoms with Crippen molar-refractivity contribution in [2.45, 2.75) is 51.3 Å². The number of halogens is 1. The monoisotopic (exact) mass is 455 g/mol. The molecule has 0 saturated heterocycles. The second kappa shape index (κ2) is 11.3. The highest BCUT2D eigenvalue weighted by Crippen LogP contribution is 2.17. The number of rotatable bonds is 9. The van der Waals surface area contributed by atoms with E-state index in [0.29, 0.717) is 11.4 Å². The molecule has 2 atom stereocenters. The number of aliphatic carboxylic acids is 1. The second-order valence-electron chi connectivity index (χ2n) is 8.87. The van der Waals surface area contributed by atoms with Crippen LogP contribution in [0.4, 0.5) is 4.79 Å². The standard InChI is InChI=1S/C22H34ClN3O5/c1-22(2,3)31-21(30)26(7)17(12-15-8-10-16(23)11-9-15)14-25(6)20(29)18(24(4)5)13-19(27)28/h8-11,17-18H,12-14H2,1-7H3,(H,27,28). The van der Waals surface area contributed by atoms with Crippen LogP contribution in [0.2, 0.25) is 5.02 Å². The van der Waals surface area contributed by atoms with Crippen LogP contribution < -0.4 is 0 Å². The van der Waals surface area contributed by atoms with Gasteiger partial charge >= 0.3 is 12.1 Å². The van der Waals surface area contributed by atoms with Crippen LogP contribution in [-0.4, -0.2) is 90.2 Å². The molecule has 0 aromatic heterocycles. The summed E-state index contributed by atoms with van der Waals surface area (Å²) >= 11 is 5.98. The molecule has 2 unspecified atom stereocenters. The molecule has 1 rings (SSSR count). The molecule has 31 heavy (non-hydrogen) atoms. The number of carbonyl (C=O) groups is 3. The summed E-state index contributed by atoms with van der Waals surface area (Å²) in [5.41, 5.74) is 0.287. The summed E-state index contributed by atoms with van der Waals surface area (Å²) in [4.78, 5) is 41.3. The van der Waals surface area contributed by atoms with Crippen molar-refractivity contribution in [1.82, 2.24) is 14.7 Å². The van der Waals surface area contributed by atoms with Crippen molar-refractivity contribution >= 4 is 29.6 Å². The summed E-state index contributed by atoms with van der Waals surface area (Å²) in [6.45, 7) is 5.57. The van der Waals surface area contributed by atoms with Gasteiger partial charge in [0.15, 0.2) is 0 Å². The zero-order chi connectivity index (χ0) is 23.9. The lowest BCUT2D eigenvalue weighted by atomic mass is 10.0. The Morgan fingerprint density at radius 1 is 1.06 bits per heavy atom. The molecule has 0 aliphatic heterocycles. The highest BCUT2D eigenvalue weighted by Gasteiger charge is 2.31. The summed E-state index contributed by atoms with van der Waals surface area (Å²) in [5.74, 6) is -1.38. The molecule has 174 valence electrons. The first-order valence-electron chi connectivity index (χ1n) is 10.0. The van der Waals surface area contributed by atoms with Gasteiger partial charge in [-0.2, -0.15) is 0 Å². The van der Waals surface area contributed by atoms with Crippen LogP contribution >= 0.6 is 11.6 Å². The van der Waals surface area contributed by atoms with Gasteiger partial charge < -0.3 is 19.6 Å². The first-order chi connectivity index (χ1) is 14.2. The van der Waals surface area contributed by atoms with Gasteiger partial charge in [-0.25, -0.2) is 4.79 Å². The van der Waals surface area contributed by atoms with E-state index in [0.717, 1.165) is 5.56 Å². The molecule has 0 fully saturated rings. The van der Waals surface area contributed by atoms with Crippen molar-refractivity contribution in [1.29, 1.82) is 0 Å². The molecule has 1 aromatic carbocycles. The molecular formula is C22H34ClN3O5. The minimum absolute atomic E-state index is 0.209. The molecule has 1 N–H and O–H groups in total. The number of carbonyl (C=O) groups excluding carboxylic acids is 2. The molecule has 9 heteroatoms. The molecule has 1 aromatic rings. The van der Waals surface area contributed by atoms with Crippen molar-refractivity contribution in [3.63, 3.8) is 0 Å². The smallest absolute Gasteiger partial charge is 0.410 e. The van der Waals surface area contributed by atoms with Gasteiger partial charge in [-0.1, -0.05) is 23.7 Å². The molecule has 0 spiro atoms. The number of ether oxygens (including phenoxy) is 1. The molecule has 0 saturated carbocycles. The predicted octanol–water partition coefficient (Wildman–Crippen LogP) is 2.98.